The Labute approximate surface area is 157 Å². The number of hydrogen-bond acceptors (Lipinski definition) is 4. The van der Waals surface area contributed by atoms with Crippen molar-refractivity contribution in [2.45, 2.75) is 39.3 Å². The molecule has 1 fully saturated rings. The summed E-state index contributed by atoms with van der Waals surface area (Å²) in [7, 11) is 0. The molecule has 2 heterocycles. The van der Waals surface area contributed by atoms with Crippen LogP contribution in [0.1, 0.15) is 26.7 Å². The van der Waals surface area contributed by atoms with Gasteiger partial charge in [-0.05, 0) is 36.7 Å². The average Bonchev–Trinajstić information content (AvgIpc) is 3.08. The summed E-state index contributed by atoms with van der Waals surface area (Å²) < 4.78 is 7.54. The van der Waals surface area contributed by atoms with Crippen LogP contribution in [0.4, 0.5) is 0 Å². The van der Waals surface area contributed by atoms with Gasteiger partial charge in [0.05, 0.1) is 17.0 Å². The van der Waals surface area contributed by atoms with E-state index in [9.17, 15) is 9.59 Å². The molecule has 2 atom stereocenters. The highest BCUT2D eigenvalue weighted by Gasteiger charge is 2.30. The average molecular weight is 375 g/mol. The first-order valence-electron chi connectivity index (χ1n) is 9.07. The molecule has 1 aliphatic rings. The predicted octanol–water partition coefficient (Wildman–Crippen LogP) is 2.63. The number of ether oxygens (including phenoxy) is 1. The molecule has 1 saturated heterocycles. The molecular formula is C19H25N3O3S. The number of benzene rings is 1. The fraction of sp³-hybridized carbons (Fsp3) is 0.526. The van der Waals surface area contributed by atoms with E-state index >= 15 is 0 Å². The van der Waals surface area contributed by atoms with Crippen LogP contribution < -0.4 is 10.9 Å². The molecule has 26 heavy (non-hydrogen) atoms. The number of aromatic nitrogens is 2. The largest absolute Gasteiger partial charge is 0.378 e. The number of fused-ring (bicyclic) bond motifs is 1. The smallest absolute Gasteiger partial charge is 0.262 e. The van der Waals surface area contributed by atoms with E-state index in [2.05, 4.69) is 24.1 Å². The number of nitrogens with zero attached hydrogens (tertiary/aromatic N) is 1. The maximum Gasteiger partial charge on any atom is 0.262 e. The molecule has 0 aliphatic carbocycles. The lowest BCUT2D eigenvalue weighted by Crippen LogP contribution is -2.35. The van der Waals surface area contributed by atoms with Gasteiger partial charge in [-0.1, -0.05) is 26.0 Å². The van der Waals surface area contributed by atoms with Crippen molar-refractivity contribution in [1.29, 1.82) is 0 Å². The standard InChI is InChI=1S/C19H25N3O3S/c1-12(2)17-13(8-10-25-17)11-20-16(23)7-9-22-18(24)14-5-3-4-6-15(14)21-19(22)26/h3-6,12-13,17H,7-11H2,1-2H3,(H,20,23)(H,21,26)/t13-,17-/m0/s1. The van der Waals surface area contributed by atoms with Gasteiger partial charge in [-0.2, -0.15) is 0 Å². The van der Waals surface area contributed by atoms with Crippen molar-refractivity contribution in [2.24, 2.45) is 11.8 Å². The first-order valence-corrected chi connectivity index (χ1v) is 9.48. The molecule has 140 valence electrons. The van der Waals surface area contributed by atoms with Gasteiger partial charge in [-0.3, -0.25) is 14.2 Å². The quantitative estimate of drug-likeness (QED) is 0.761. The fourth-order valence-electron chi connectivity index (χ4n) is 3.56. The van der Waals surface area contributed by atoms with Crippen molar-refractivity contribution in [1.82, 2.24) is 14.9 Å². The van der Waals surface area contributed by atoms with Crippen LogP contribution in [0, 0.1) is 16.6 Å². The van der Waals surface area contributed by atoms with Crippen LogP contribution in [0.3, 0.4) is 0 Å². The van der Waals surface area contributed by atoms with Gasteiger partial charge in [0, 0.05) is 32.0 Å². The van der Waals surface area contributed by atoms with Crippen LogP contribution in [-0.4, -0.2) is 34.7 Å². The number of hydrogen-bond donors (Lipinski definition) is 2. The predicted molar refractivity (Wildman–Crippen MR) is 104 cm³/mol. The molecule has 3 rings (SSSR count). The van der Waals surface area contributed by atoms with Gasteiger partial charge in [0.15, 0.2) is 4.77 Å². The number of rotatable bonds is 6. The third-order valence-corrected chi connectivity index (χ3v) is 5.26. The first kappa shape index (κ1) is 18.8. The van der Waals surface area contributed by atoms with Gasteiger partial charge < -0.3 is 15.0 Å². The molecule has 1 aliphatic heterocycles. The highest BCUT2D eigenvalue weighted by atomic mass is 32.1. The molecular weight excluding hydrogens is 350 g/mol. The van der Waals surface area contributed by atoms with Crippen molar-refractivity contribution in [3.63, 3.8) is 0 Å². The van der Waals surface area contributed by atoms with E-state index in [0.717, 1.165) is 13.0 Å². The SMILES string of the molecule is CC(C)[C@@H]1OCC[C@H]1CNC(=O)CCn1c(=S)[nH]c2ccccc2c1=O. The monoisotopic (exact) mass is 375 g/mol. The van der Waals surface area contributed by atoms with Crippen LogP contribution in [0.15, 0.2) is 29.1 Å². The van der Waals surface area contributed by atoms with Crippen molar-refractivity contribution in [3.05, 3.63) is 39.4 Å². The van der Waals surface area contributed by atoms with Gasteiger partial charge in [0.25, 0.3) is 5.56 Å². The number of aromatic amines is 1. The Hall–Kier alpha value is -1.99. The number of amides is 1. The minimum atomic E-state index is -0.166. The van der Waals surface area contributed by atoms with E-state index in [-0.39, 0.29) is 30.5 Å². The van der Waals surface area contributed by atoms with Gasteiger partial charge in [-0.25, -0.2) is 0 Å². The zero-order chi connectivity index (χ0) is 18.7. The number of carbonyl (C=O) groups is 1. The van der Waals surface area contributed by atoms with Crippen LogP contribution in [0.2, 0.25) is 0 Å². The molecule has 0 saturated carbocycles. The van der Waals surface area contributed by atoms with Crippen molar-refractivity contribution < 1.29 is 9.53 Å². The Morgan fingerprint density at radius 2 is 2.19 bits per heavy atom. The number of H-pyrrole nitrogens is 1. The topological polar surface area (TPSA) is 76.1 Å². The van der Waals surface area contributed by atoms with Gasteiger partial charge >= 0.3 is 0 Å². The van der Waals surface area contributed by atoms with Crippen molar-refractivity contribution in [2.75, 3.05) is 13.2 Å². The summed E-state index contributed by atoms with van der Waals surface area (Å²) in [5.74, 6) is 0.716. The molecule has 0 radical (unpaired) electrons. The maximum absolute atomic E-state index is 12.6. The number of nitrogens with one attached hydrogen (secondary N) is 2. The van der Waals surface area contributed by atoms with E-state index in [0.29, 0.717) is 34.1 Å². The van der Waals surface area contributed by atoms with E-state index in [1.54, 1.807) is 6.07 Å². The summed E-state index contributed by atoms with van der Waals surface area (Å²) >= 11 is 5.27. The Balaban J connectivity index is 1.61. The van der Waals surface area contributed by atoms with Gasteiger partial charge in [-0.15, -0.1) is 0 Å². The molecule has 0 spiro atoms. The summed E-state index contributed by atoms with van der Waals surface area (Å²) in [6.45, 7) is 5.91. The summed E-state index contributed by atoms with van der Waals surface area (Å²) in [5.41, 5.74) is 0.547. The second kappa shape index (κ2) is 8.14. The van der Waals surface area contributed by atoms with Crippen LogP contribution >= 0.6 is 12.2 Å². The third-order valence-electron chi connectivity index (χ3n) is 4.93. The summed E-state index contributed by atoms with van der Waals surface area (Å²) in [5, 5.41) is 3.55. The second-order valence-corrected chi connectivity index (χ2v) is 7.50. The van der Waals surface area contributed by atoms with Gasteiger partial charge in [0.1, 0.15) is 0 Å². The molecule has 2 N–H and O–H groups in total. The summed E-state index contributed by atoms with van der Waals surface area (Å²) in [6, 6.07) is 7.23. The van der Waals surface area contributed by atoms with Crippen molar-refractivity contribution >= 4 is 29.0 Å². The lowest BCUT2D eigenvalue weighted by atomic mass is 9.93. The fourth-order valence-corrected chi connectivity index (χ4v) is 3.84. The van der Waals surface area contributed by atoms with Crippen LogP contribution in [0.25, 0.3) is 10.9 Å². The van der Waals surface area contributed by atoms with Crippen LogP contribution in [-0.2, 0) is 16.1 Å². The van der Waals surface area contributed by atoms with Crippen molar-refractivity contribution in [3.8, 4) is 0 Å². The normalized spacial score (nSPS) is 20.0. The molecule has 2 aromatic rings. The number of para-hydroxylation sites is 1. The molecule has 1 amide bonds. The minimum Gasteiger partial charge on any atom is -0.378 e. The Bertz CT molecular complexity index is 903. The van der Waals surface area contributed by atoms with E-state index in [1.165, 1.54) is 4.57 Å². The summed E-state index contributed by atoms with van der Waals surface area (Å²) in [6.07, 6.45) is 1.39. The first-order chi connectivity index (χ1) is 12.5. The maximum atomic E-state index is 12.6. The molecule has 1 aromatic heterocycles. The highest BCUT2D eigenvalue weighted by molar-refractivity contribution is 7.71. The minimum absolute atomic E-state index is 0.0751. The molecule has 7 heteroatoms. The molecule has 1 aromatic carbocycles. The third kappa shape index (κ3) is 4.04. The Morgan fingerprint density at radius 3 is 2.96 bits per heavy atom. The highest BCUT2D eigenvalue weighted by Crippen LogP contribution is 2.26. The molecule has 0 unspecified atom stereocenters. The Morgan fingerprint density at radius 1 is 1.42 bits per heavy atom. The van der Waals surface area contributed by atoms with Crippen LogP contribution in [0.5, 0.6) is 0 Å². The Kier molecular flexibility index (Phi) is 5.88. The lowest BCUT2D eigenvalue weighted by Gasteiger charge is -2.22. The zero-order valence-corrected chi connectivity index (χ0v) is 16.0. The summed E-state index contributed by atoms with van der Waals surface area (Å²) in [4.78, 5) is 27.8. The lowest BCUT2D eigenvalue weighted by molar-refractivity contribution is -0.121. The zero-order valence-electron chi connectivity index (χ0n) is 15.2. The van der Waals surface area contributed by atoms with E-state index < -0.39 is 0 Å². The molecule has 0 bridgehead atoms. The van der Waals surface area contributed by atoms with E-state index in [1.807, 2.05) is 18.2 Å². The van der Waals surface area contributed by atoms with Gasteiger partial charge in [0.2, 0.25) is 5.91 Å². The number of carbonyl (C=O) groups excluding carboxylic acids is 1. The van der Waals surface area contributed by atoms with E-state index in [4.69, 9.17) is 17.0 Å². The molecule has 6 nitrogen and oxygen atoms in total. The second-order valence-electron chi connectivity index (χ2n) is 7.11.